The molecule has 2 aromatic rings. The van der Waals surface area contributed by atoms with Crippen LogP contribution in [0.3, 0.4) is 0 Å². The second-order valence-corrected chi connectivity index (χ2v) is 7.75. The van der Waals surface area contributed by atoms with Crippen molar-refractivity contribution in [1.29, 1.82) is 0 Å². The van der Waals surface area contributed by atoms with Gasteiger partial charge in [0.25, 0.3) is 0 Å². The number of ether oxygens (including phenoxy) is 1. The Hall–Kier alpha value is -2.09. The summed E-state index contributed by atoms with van der Waals surface area (Å²) in [4.78, 5) is 26.5. The summed E-state index contributed by atoms with van der Waals surface area (Å²) in [5, 5.41) is 2.77. The number of halogens is 1. The van der Waals surface area contributed by atoms with Crippen LogP contribution in [-0.2, 0) is 9.59 Å². The van der Waals surface area contributed by atoms with Gasteiger partial charge in [-0.15, -0.1) is 0 Å². The molecular weight excluding hydrogens is 392 g/mol. The Labute approximate surface area is 165 Å². The van der Waals surface area contributed by atoms with Gasteiger partial charge in [0.15, 0.2) is 0 Å². The highest BCUT2D eigenvalue weighted by atomic mass is 35.5. The Kier molecular flexibility index (Phi) is 5.80. The maximum Gasteiger partial charge on any atom is 0.246 e. The first-order valence-corrected chi connectivity index (χ1v) is 9.39. The van der Waals surface area contributed by atoms with Gasteiger partial charge in [-0.1, -0.05) is 47.7 Å². The molecule has 8 heteroatoms. The summed E-state index contributed by atoms with van der Waals surface area (Å²) < 4.78 is 5.71. The molecule has 0 radical (unpaired) electrons. The summed E-state index contributed by atoms with van der Waals surface area (Å²) >= 11 is 12.4. The van der Waals surface area contributed by atoms with Crippen LogP contribution in [0.1, 0.15) is 6.42 Å². The Balaban J connectivity index is 1.70. The number of carbonyl (C=O) groups is 2. The normalized spacial score (nSPS) is 16.7. The van der Waals surface area contributed by atoms with Gasteiger partial charge in [-0.05, 0) is 36.4 Å². The third-order valence-electron chi connectivity index (χ3n) is 3.75. The summed E-state index contributed by atoms with van der Waals surface area (Å²) in [6, 6.07) is 13.9. The summed E-state index contributed by atoms with van der Waals surface area (Å²) in [6.07, 6.45) is 0.0257. The van der Waals surface area contributed by atoms with Crippen LogP contribution < -0.4 is 15.0 Å². The number of thiocarbonyl (C=S) groups is 1. The fourth-order valence-electron chi connectivity index (χ4n) is 2.53. The van der Waals surface area contributed by atoms with Crippen LogP contribution >= 0.6 is 35.6 Å². The Morgan fingerprint density at radius 2 is 1.96 bits per heavy atom. The van der Waals surface area contributed by atoms with Crippen molar-refractivity contribution in [1.82, 2.24) is 0 Å². The predicted octanol–water partition coefficient (Wildman–Crippen LogP) is 4.11. The van der Waals surface area contributed by atoms with E-state index in [0.29, 0.717) is 26.5 Å². The molecule has 1 fully saturated rings. The van der Waals surface area contributed by atoms with Gasteiger partial charge in [0.1, 0.15) is 15.3 Å². The van der Waals surface area contributed by atoms with Crippen LogP contribution in [0, 0.1) is 0 Å². The minimum absolute atomic E-state index is 0.0257. The van der Waals surface area contributed by atoms with E-state index in [9.17, 15) is 9.59 Å². The van der Waals surface area contributed by atoms with Crippen LogP contribution in [-0.4, -0.2) is 28.5 Å². The van der Waals surface area contributed by atoms with E-state index in [1.165, 1.54) is 23.8 Å². The summed E-state index contributed by atoms with van der Waals surface area (Å²) in [5.41, 5.74) is 1.21. The van der Waals surface area contributed by atoms with Crippen LogP contribution in [0.5, 0.6) is 5.75 Å². The lowest BCUT2D eigenvalue weighted by Crippen LogP contribution is -2.33. The van der Waals surface area contributed by atoms with Gasteiger partial charge in [0.2, 0.25) is 11.8 Å². The van der Waals surface area contributed by atoms with Gasteiger partial charge >= 0.3 is 0 Å². The number of hydrogen-bond acceptors (Lipinski definition) is 5. The molecule has 0 saturated carbocycles. The quantitative estimate of drug-likeness (QED) is 0.757. The van der Waals surface area contributed by atoms with Crippen molar-refractivity contribution < 1.29 is 14.3 Å². The van der Waals surface area contributed by atoms with Gasteiger partial charge in [0, 0.05) is 17.1 Å². The number of hydrogen-bond donors (Lipinski definition) is 1. The Morgan fingerprint density at radius 1 is 1.27 bits per heavy atom. The molecule has 1 unspecified atom stereocenters. The average molecular weight is 407 g/mol. The molecule has 2 aromatic carbocycles. The molecule has 134 valence electrons. The van der Waals surface area contributed by atoms with E-state index >= 15 is 0 Å². The van der Waals surface area contributed by atoms with Crippen LogP contribution in [0.25, 0.3) is 0 Å². The molecule has 2 amide bonds. The number of benzene rings is 2. The fraction of sp³-hybridized carbons (Fsp3) is 0.167. The zero-order valence-corrected chi connectivity index (χ0v) is 16.2. The first kappa shape index (κ1) is 18.7. The SMILES string of the molecule is COc1ccccc1N1C(=O)C(CC(=O)Nc2ccc(Cl)cc2)SC1=S. The lowest BCUT2D eigenvalue weighted by atomic mass is 10.2. The van der Waals surface area contributed by atoms with Crippen LogP contribution in [0.2, 0.25) is 5.02 Å². The number of nitrogens with zero attached hydrogens (tertiary/aromatic N) is 1. The highest BCUT2D eigenvalue weighted by Crippen LogP contribution is 2.38. The van der Waals surface area contributed by atoms with E-state index in [1.807, 2.05) is 6.07 Å². The summed E-state index contributed by atoms with van der Waals surface area (Å²) in [5.74, 6) is 0.0636. The number of para-hydroxylation sites is 2. The number of thioether (sulfide) groups is 1. The lowest BCUT2D eigenvalue weighted by molar-refractivity contribution is -0.121. The number of rotatable bonds is 5. The maximum absolute atomic E-state index is 12.8. The van der Waals surface area contributed by atoms with E-state index in [2.05, 4.69) is 5.32 Å². The lowest BCUT2D eigenvalue weighted by Gasteiger charge is -2.18. The number of methoxy groups -OCH3 is 1. The standard InChI is InChI=1S/C18H15ClN2O3S2/c1-24-14-5-3-2-4-13(14)21-17(23)15(26-18(21)25)10-16(22)20-12-8-6-11(19)7-9-12/h2-9,15H,10H2,1H3,(H,20,22). The Morgan fingerprint density at radius 3 is 2.65 bits per heavy atom. The summed E-state index contributed by atoms with van der Waals surface area (Å²) in [6.45, 7) is 0. The van der Waals surface area contributed by atoms with E-state index in [4.69, 9.17) is 28.6 Å². The van der Waals surface area contributed by atoms with Crippen molar-refractivity contribution in [3.63, 3.8) is 0 Å². The second kappa shape index (κ2) is 8.07. The van der Waals surface area contributed by atoms with Gasteiger partial charge in [-0.3, -0.25) is 14.5 Å². The van der Waals surface area contributed by atoms with E-state index in [-0.39, 0.29) is 18.2 Å². The topological polar surface area (TPSA) is 58.6 Å². The monoisotopic (exact) mass is 406 g/mol. The minimum atomic E-state index is -0.570. The molecule has 5 nitrogen and oxygen atoms in total. The molecular formula is C18H15ClN2O3S2. The summed E-state index contributed by atoms with van der Waals surface area (Å²) in [7, 11) is 1.53. The maximum atomic E-state index is 12.8. The molecule has 3 rings (SSSR count). The smallest absolute Gasteiger partial charge is 0.246 e. The molecule has 26 heavy (non-hydrogen) atoms. The molecule has 1 N–H and O–H groups in total. The largest absolute Gasteiger partial charge is 0.495 e. The van der Waals surface area contributed by atoms with E-state index < -0.39 is 5.25 Å². The van der Waals surface area contributed by atoms with Crippen molar-refractivity contribution in [2.45, 2.75) is 11.7 Å². The van der Waals surface area contributed by atoms with E-state index in [1.54, 1.807) is 42.5 Å². The number of anilines is 2. The highest BCUT2D eigenvalue weighted by Gasteiger charge is 2.40. The molecule has 1 atom stereocenters. The van der Waals surface area contributed by atoms with Crippen molar-refractivity contribution in [3.05, 3.63) is 53.6 Å². The number of amides is 2. The first-order valence-electron chi connectivity index (χ1n) is 7.72. The third-order valence-corrected chi connectivity index (χ3v) is 5.51. The van der Waals surface area contributed by atoms with Gasteiger partial charge < -0.3 is 10.1 Å². The molecule has 0 bridgehead atoms. The molecule has 1 heterocycles. The number of carbonyl (C=O) groups excluding carboxylic acids is 2. The zero-order valence-electron chi connectivity index (χ0n) is 13.8. The first-order chi connectivity index (χ1) is 12.5. The van der Waals surface area contributed by atoms with Gasteiger partial charge in [-0.25, -0.2) is 0 Å². The van der Waals surface area contributed by atoms with Crippen molar-refractivity contribution in [2.75, 3.05) is 17.3 Å². The van der Waals surface area contributed by atoms with Crippen molar-refractivity contribution in [2.24, 2.45) is 0 Å². The van der Waals surface area contributed by atoms with Crippen LogP contribution in [0.4, 0.5) is 11.4 Å². The predicted molar refractivity (Wildman–Crippen MR) is 109 cm³/mol. The molecule has 0 aromatic heterocycles. The second-order valence-electron chi connectivity index (χ2n) is 5.48. The Bertz CT molecular complexity index is 858. The minimum Gasteiger partial charge on any atom is -0.495 e. The average Bonchev–Trinajstić information content (AvgIpc) is 2.90. The van der Waals surface area contributed by atoms with Gasteiger partial charge in [-0.2, -0.15) is 0 Å². The number of nitrogens with one attached hydrogen (secondary N) is 1. The molecule has 1 aliphatic rings. The van der Waals surface area contributed by atoms with Crippen LogP contribution in [0.15, 0.2) is 48.5 Å². The molecule has 1 saturated heterocycles. The zero-order chi connectivity index (χ0) is 18.7. The molecule has 0 aliphatic carbocycles. The van der Waals surface area contributed by atoms with E-state index in [0.717, 1.165) is 0 Å². The fourth-order valence-corrected chi connectivity index (χ4v) is 4.17. The van der Waals surface area contributed by atoms with Crippen molar-refractivity contribution in [3.8, 4) is 5.75 Å². The van der Waals surface area contributed by atoms with Crippen molar-refractivity contribution >= 4 is 63.1 Å². The highest BCUT2D eigenvalue weighted by molar-refractivity contribution is 8.25. The molecule has 0 spiro atoms. The third kappa shape index (κ3) is 4.00. The molecule has 1 aliphatic heterocycles. The van der Waals surface area contributed by atoms with Gasteiger partial charge in [0.05, 0.1) is 12.8 Å².